The van der Waals surface area contributed by atoms with E-state index >= 15 is 0 Å². The molecule has 16 heavy (non-hydrogen) atoms. The summed E-state index contributed by atoms with van der Waals surface area (Å²) in [5.74, 6) is -0.435. The fourth-order valence-electron chi connectivity index (χ4n) is 1.63. The molecular weight excluding hydrogens is 200 g/mol. The van der Waals surface area contributed by atoms with Crippen molar-refractivity contribution in [3.8, 4) is 0 Å². The van der Waals surface area contributed by atoms with Crippen molar-refractivity contribution in [2.24, 2.45) is 0 Å². The summed E-state index contributed by atoms with van der Waals surface area (Å²) < 4.78 is 11.3. The van der Waals surface area contributed by atoms with Crippen LogP contribution in [0.2, 0.25) is 0 Å². The first-order valence-electron chi connectivity index (χ1n) is 5.95. The van der Waals surface area contributed by atoms with Gasteiger partial charge >= 0.3 is 0 Å². The molecule has 0 N–H and O–H groups in total. The summed E-state index contributed by atoms with van der Waals surface area (Å²) in [4.78, 5) is 0. The number of benzene rings is 1. The van der Waals surface area contributed by atoms with Gasteiger partial charge in [-0.3, -0.25) is 0 Å². The van der Waals surface area contributed by atoms with Crippen molar-refractivity contribution in [3.63, 3.8) is 0 Å². The van der Waals surface area contributed by atoms with Crippen LogP contribution in [0.25, 0.3) is 0 Å². The molecule has 1 fully saturated rings. The highest BCUT2D eigenvalue weighted by Crippen LogP contribution is 2.32. The van der Waals surface area contributed by atoms with E-state index in [1.165, 1.54) is 11.1 Å². The monoisotopic (exact) mass is 222 g/mol. The Labute approximate surface area is 98.6 Å². The molecule has 1 heterocycles. The van der Waals surface area contributed by atoms with Gasteiger partial charge in [0.15, 0.2) is 5.79 Å². The van der Waals surface area contributed by atoms with Crippen LogP contribution in [0.5, 0.6) is 0 Å². The molecule has 0 radical (unpaired) electrons. The quantitative estimate of drug-likeness (QED) is 0.718. The first kappa shape index (κ1) is 13.2. The lowest BCUT2D eigenvalue weighted by Crippen LogP contribution is -2.19. The van der Waals surface area contributed by atoms with E-state index in [0.717, 1.165) is 0 Å². The van der Waals surface area contributed by atoms with E-state index in [2.05, 4.69) is 31.2 Å². The smallest absolute Gasteiger partial charge is 0.163 e. The van der Waals surface area contributed by atoms with Crippen molar-refractivity contribution in [1.82, 2.24) is 0 Å². The Hall–Kier alpha value is -0.860. The predicted molar refractivity (Wildman–Crippen MR) is 66.4 cm³/mol. The van der Waals surface area contributed by atoms with Gasteiger partial charge in [-0.25, -0.2) is 0 Å². The Morgan fingerprint density at radius 2 is 1.69 bits per heavy atom. The van der Waals surface area contributed by atoms with Crippen LogP contribution < -0.4 is 0 Å². The summed E-state index contributed by atoms with van der Waals surface area (Å²) in [6, 6.07) is 8.41. The highest BCUT2D eigenvalue weighted by molar-refractivity contribution is 5.23. The van der Waals surface area contributed by atoms with Gasteiger partial charge in [-0.1, -0.05) is 43.7 Å². The van der Waals surface area contributed by atoms with Crippen LogP contribution in [0.1, 0.15) is 44.9 Å². The molecular formula is C14H22O2. The molecule has 1 aromatic rings. The van der Waals surface area contributed by atoms with Crippen LogP contribution in [-0.4, -0.2) is 12.4 Å². The standard InChI is InChI=1S/C12H16O2.C2H6/c1-9-4-6-10(7-5-9)11-8-13-12(2,3)14-11;1-2/h4-7,11H,8H2,1-3H3;1-2H3/t11-;/m1./s1. The summed E-state index contributed by atoms with van der Waals surface area (Å²) >= 11 is 0. The molecule has 0 unspecified atom stereocenters. The Morgan fingerprint density at radius 1 is 1.12 bits per heavy atom. The maximum absolute atomic E-state index is 5.75. The third-order valence-electron chi connectivity index (χ3n) is 2.46. The fourth-order valence-corrected chi connectivity index (χ4v) is 1.63. The first-order chi connectivity index (χ1) is 7.57. The Balaban J connectivity index is 0.000000606. The molecule has 2 rings (SSSR count). The molecule has 90 valence electrons. The molecule has 0 aliphatic carbocycles. The second-order valence-corrected chi connectivity index (χ2v) is 4.23. The number of rotatable bonds is 1. The minimum Gasteiger partial charge on any atom is -0.347 e. The average molecular weight is 222 g/mol. The lowest BCUT2D eigenvalue weighted by molar-refractivity contribution is -0.139. The zero-order valence-electron chi connectivity index (χ0n) is 10.9. The van der Waals surface area contributed by atoms with E-state index in [4.69, 9.17) is 9.47 Å². The molecule has 1 aromatic carbocycles. The van der Waals surface area contributed by atoms with Gasteiger partial charge in [0.2, 0.25) is 0 Å². The van der Waals surface area contributed by atoms with E-state index < -0.39 is 5.79 Å². The van der Waals surface area contributed by atoms with Crippen molar-refractivity contribution in [2.45, 2.75) is 46.5 Å². The number of hydrogen-bond donors (Lipinski definition) is 0. The topological polar surface area (TPSA) is 18.5 Å². The molecule has 1 aliphatic heterocycles. The van der Waals surface area contributed by atoms with Crippen molar-refractivity contribution in [1.29, 1.82) is 0 Å². The highest BCUT2D eigenvalue weighted by atomic mass is 16.7. The predicted octanol–water partition coefficient (Wildman–Crippen LogP) is 3.85. The van der Waals surface area contributed by atoms with Gasteiger partial charge in [0, 0.05) is 0 Å². The zero-order chi connectivity index (χ0) is 12.2. The SMILES string of the molecule is CC.Cc1ccc([C@H]2COC(C)(C)O2)cc1. The molecule has 1 atom stereocenters. The number of aryl methyl sites for hydroxylation is 1. The van der Waals surface area contributed by atoms with Gasteiger partial charge in [0.25, 0.3) is 0 Å². The van der Waals surface area contributed by atoms with Crippen molar-refractivity contribution in [3.05, 3.63) is 35.4 Å². The van der Waals surface area contributed by atoms with Gasteiger partial charge in [-0.2, -0.15) is 0 Å². The van der Waals surface area contributed by atoms with Crippen LogP contribution in [0.3, 0.4) is 0 Å². The third kappa shape index (κ3) is 3.32. The van der Waals surface area contributed by atoms with Gasteiger partial charge in [-0.15, -0.1) is 0 Å². The summed E-state index contributed by atoms with van der Waals surface area (Å²) in [7, 11) is 0. The lowest BCUT2D eigenvalue weighted by Gasteiger charge is -2.17. The van der Waals surface area contributed by atoms with Crippen molar-refractivity contribution < 1.29 is 9.47 Å². The van der Waals surface area contributed by atoms with E-state index in [9.17, 15) is 0 Å². The molecule has 2 heteroatoms. The van der Waals surface area contributed by atoms with Crippen LogP contribution in [-0.2, 0) is 9.47 Å². The normalized spacial score (nSPS) is 22.4. The molecule has 0 saturated carbocycles. The van der Waals surface area contributed by atoms with Crippen molar-refractivity contribution >= 4 is 0 Å². The van der Waals surface area contributed by atoms with Crippen LogP contribution >= 0.6 is 0 Å². The van der Waals surface area contributed by atoms with Crippen LogP contribution in [0, 0.1) is 6.92 Å². The second kappa shape index (κ2) is 5.46. The zero-order valence-corrected chi connectivity index (χ0v) is 10.9. The van der Waals surface area contributed by atoms with Crippen LogP contribution in [0.15, 0.2) is 24.3 Å². The summed E-state index contributed by atoms with van der Waals surface area (Å²) in [6.07, 6.45) is 0.0885. The van der Waals surface area contributed by atoms with Crippen LogP contribution in [0.4, 0.5) is 0 Å². The maximum Gasteiger partial charge on any atom is 0.163 e. The Morgan fingerprint density at radius 3 is 2.12 bits per heavy atom. The van der Waals surface area contributed by atoms with E-state index in [1.807, 2.05) is 27.7 Å². The summed E-state index contributed by atoms with van der Waals surface area (Å²) in [6.45, 7) is 10.6. The molecule has 2 nitrogen and oxygen atoms in total. The average Bonchev–Trinajstić information content (AvgIpc) is 2.63. The first-order valence-corrected chi connectivity index (χ1v) is 5.95. The van der Waals surface area contributed by atoms with Gasteiger partial charge < -0.3 is 9.47 Å². The largest absolute Gasteiger partial charge is 0.347 e. The third-order valence-corrected chi connectivity index (χ3v) is 2.46. The number of ether oxygens (including phenoxy) is 2. The minimum absolute atomic E-state index is 0.0885. The summed E-state index contributed by atoms with van der Waals surface area (Å²) in [5, 5.41) is 0. The minimum atomic E-state index is -0.435. The van der Waals surface area contributed by atoms with E-state index in [-0.39, 0.29) is 6.10 Å². The fraction of sp³-hybridized carbons (Fsp3) is 0.571. The Bertz CT molecular complexity index is 314. The molecule has 1 aliphatic rings. The molecule has 0 spiro atoms. The molecule has 0 bridgehead atoms. The van der Waals surface area contributed by atoms with E-state index in [0.29, 0.717) is 6.61 Å². The van der Waals surface area contributed by atoms with Crippen molar-refractivity contribution in [2.75, 3.05) is 6.61 Å². The molecule has 0 aromatic heterocycles. The summed E-state index contributed by atoms with van der Waals surface area (Å²) in [5.41, 5.74) is 2.47. The Kier molecular flexibility index (Phi) is 4.51. The lowest BCUT2D eigenvalue weighted by atomic mass is 10.1. The molecule has 1 saturated heterocycles. The van der Waals surface area contributed by atoms with Gasteiger partial charge in [0.05, 0.1) is 6.61 Å². The van der Waals surface area contributed by atoms with E-state index in [1.54, 1.807) is 0 Å². The van der Waals surface area contributed by atoms with Gasteiger partial charge in [0.1, 0.15) is 6.10 Å². The maximum atomic E-state index is 5.75. The van der Waals surface area contributed by atoms with Gasteiger partial charge in [-0.05, 0) is 26.3 Å². The molecule has 0 amide bonds. The second-order valence-electron chi connectivity index (χ2n) is 4.23. The highest BCUT2D eigenvalue weighted by Gasteiger charge is 2.33. The number of hydrogen-bond acceptors (Lipinski definition) is 2.